The highest BCUT2D eigenvalue weighted by Gasteiger charge is 2.51. The summed E-state index contributed by atoms with van der Waals surface area (Å²) in [5.74, 6) is 0.212. The number of amides is 1. The number of carbonyl (C=O) groups is 1. The van der Waals surface area contributed by atoms with E-state index in [1.165, 1.54) is 41.5 Å². The fourth-order valence-electron chi connectivity index (χ4n) is 6.47. The molecule has 0 unspecified atom stereocenters. The number of benzene rings is 1. The zero-order valence-electron chi connectivity index (χ0n) is 17.3. The van der Waals surface area contributed by atoms with Crippen molar-refractivity contribution in [2.75, 3.05) is 39.3 Å². The molecule has 2 fully saturated rings. The van der Waals surface area contributed by atoms with Crippen LogP contribution < -0.4 is 5.32 Å². The quantitative estimate of drug-likeness (QED) is 0.857. The highest BCUT2D eigenvalue weighted by molar-refractivity contribution is 6.16. The van der Waals surface area contributed by atoms with Gasteiger partial charge in [0, 0.05) is 49.2 Å². The number of piperidine rings is 1. The van der Waals surface area contributed by atoms with Crippen LogP contribution in [-0.4, -0.2) is 59.5 Å². The molecule has 4 aliphatic heterocycles. The maximum Gasteiger partial charge on any atom is 0.270 e. The van der Waals surface area contributed by atoms with E-state index >= 15 is 0 Å². The Morgan fingerprint density at radius 2 is 2.00 bits per heavy atom. The molecule has 5 heterocycles. The topological polar surface area (TPSA) is 40.5 Å². The third-order valence-corrected chi connectivity index (χ3v) is 7.87. The van der Waals surface area contributed by atoms with Crippen LogP contribution in [-0.2, 0) is 11.2 Å². The average molecular weight is 391 g/mol. The van der Waals surface area contributed by atoms with E-state index in [0.29, 0.717) is 6.04 Å². The van der Waals surface area contributed by atoms with Gasteiger partial charge in [0.25, 0.3) is 5.91 Å². The molecule has 0 radical (unpaired) electrons. The summed E-state index contributed by atoms with van der Waals surface area (Å²) in [5, 5.41) is 4.72. The number of fused-ring (bicyclic) bond motifs is 3. The zero-order valence-corrected chi connectivity index (χ0v) is 17.3. The fourth-order valence-corrected chi connectivity index (χ4v) is 6.47. The van der Waals surface area contributed by atoms with Crippen molar-refractivity contribution in [3.8, 4) is 0 Å². The number of nitrogens with one attached hydrogen (secondary N) is 1. The maximum atomic E-state index is 13.8. The van der Waals surface area contributed by atoms with E-state index in [9.17, 15) is 4.79 Å². The number of rotatable bonds is 2. The van der Waals surface area contributed by atoms with Crippen LogP contribution in [0.25, 0.3) is 16.6 Å². The molecular weight excluding hydrogens is 360 g/mol. The first-order valence-corrected chi connectivity index (χ1v) is 11.3. The summed E-state index contributed by atoms with van der Waals surface area (Å²) in [4.78, 5) is 18.6. The lowest BCUT2D eigenvalue weighted by molar-refractivity contribution is -0.126. The van der Waals surface area contributed by atoms with Crippen LogP contribution in [0.5, 0.6) is 0 Å². The number of hydrogen-bond donors (Lipinski definition) is 1. The van der Waals surface area contributed by atoms with Crippen molar-refractivity contribution in [1.82, 2.24) is 19.7 Å². The van der Waals surface area contributed by atoms with Crippen molar-refractivity contribution in [1.29, 1.82) is 0 Å². The van der Waals surface area contributed by atoms with Gasteiger partial charge in [-0.3, -0.25) is 9.69 Å². The smallest absolute Gasteiger partial charge is 0.270 e. The lowest BCUT2D eigenvalue weighted by atomic mass is 9.66. The molecule has 0 saturated carbocycles. The van der Waals surface area contributed by atoms with Gasteiger partial charge in [0.1, 0.15) is 5.70 Å². The first-order valence-electron chi connectivity index (χ1n) is 11.3. The van der Waals surface area contributed by atoms with E-state index in [-0.39, 0.29) is 11.3 Å². The number of nitrogens with zero attached hydrogens (tertiary/aromatic N) is 3. The molecule has 5 heteroatoms. The van der Waals surface area contributed by atoms with E-state index in [2.05, 4.69) is 56.9 Å². The number of piperazine rings is 1. The third-order valence-electron chi connectivity index (χ3n) is 7.87. The molecule has 2 saturated heterocycles. The van der Waals surface area contributed by atoms with Gasteiger partial charge in [-0.2, -0.15) is 0 Å². The summed E-state index contributed by atoms with van der Waals surface area (Å²) in [6.45, 7) is 8.01. The fraction of sp³-hybridized carbons (Fsp3) is 0.542. The van der Waals surface area contributed by atoms with E-state index < -0.39 is 0 Å². The van der Waals surface area contributed by atoms with Crippen molar-refractivity contribution in [2.45, 2.75) is 38.6 Å². The first-order chi connectivity index (χ1) is 14.2. The second-order valence-electron chi connectivity index (χ2n) is 9.17. The van der Waals surface area contributed by atoms with E-state index in [0.717, 1.165) is 51.3 Å². The van der Waals surface area contributed by atoms with Gasteiger partial charge < -0.3 is 14.8 Å². The highest BCUT2D eigenvalue weighted by Crippen LogP contribution is 2.57. The van der Waals surface area contributed by atoms with Gasteiger partial charge in [0.15, 0.2) is 0 Å². The summed E-state index contributed by atoms with van der Waals surface area (Å²) in [6, 6.07) is 9.14. The molecule has 2 atom stereocenters. The minimum Gasteiger partial charge on any atom is -0.335 e. The van der Waals surface area contributed by atoms with Gasteiger partial charge in [-0.1, -0.05) is 25.1 Å². The Kier molecular flexibility index (Phi) is 3.94. The third kappa shape index (κ3) is 2.37. The van der Waals surface area contributed by atoms with E-state index in [1.54, 1.807) is 0 Å². The van der Waals surface area contributed by atoms with Crippen molar-refractivity contribution in [3.63, 3.8) is 0 Å². The van der Waals surface area contributed by atoms with Crippen molar-refractivity contribution in [2.24, 2.45) is 5.41 Å². The summed E-state index contributed by atoms with van der Waals surface area (Å²) in [6.07, 6.45) is 6.99. The lowest BCUT2D eigenvalue weighted by Gasteiger charge is -2.53. The second kappa shape index (κ2) is 6.44. The van der Waals surface area contributed by atoms with E-state index in [4.69, 9.17) is 0 Å². The molecule has 1 aromatic carbocycles. The summed E-state index contributed by atoms with van der Waals surface area (Å²) in [7, 11) is 0. The van der Waals surface area contributed by atoms with Crippen LogP contribution in [0.3, 0.4) is 0 Å². The van der Waals surface area contributed by atoms with Crippen LogP contribution in [0, 0.1) is 5.41 Å². The normalized spacial score (nSPS) is 28.9. The van der Waals surface area contributed by atoms with Crippen molar-refractivity contribution in [3.05, 3.63) is 41.6 Å². The Balaban J connectivity index is 1.61. The predicted octanol–water partition coefficient (Wildman–Crippen LogP) is 3.02. The Morgan fingerprint density at radius 3 is 2.83 bits per heavy atom. The molecular formula is C24H30N4O. The predicted molar refractivity (Wildman–Crippen MR) is 116 cm³/mol. The largest absolute Gasteiger partial charge is 0.335 e. The Hall–Kier alpha value is -2.11. The Bertz CT molecular complexity index is 1020. The van der Waals surface area contributed by atoms with Crippen LogP contribution in [0.2, 0.25) is 0 Å². The number of para-hydroxylation sites is 1. The summed E-state index contributed by atoms with van der Waals surface area (Å²) >= 11 is 0. The lowest BCUT2D eigenvalue weighted by Crippen LogP contribution is -2.52. The molecule has 152 valence electrons. The minimum absolute atomic E-state index is 0.0802. The Morgan fingerprint density at radius 1 is 1.17 bits per heavy atom. The van der Waals surface area contributed by atoms with Crippen LogP contribution in [0.4, 0.5) is 0 Å². The van der Waals surface area contributed by atoms with Crippen LogP contribution in [0.1, 0.15) is 43.5 Å². The summed E-state index contributed by atoms with van der Waals surface area (Å²) in [5.41, 5.74) is 5.10. The number of hydrogen-bond acceptors (Lipinski definition) is 3. The van der Waals surface area contributed by atoms with Gasteiger partial charge in [-0.25, -0.2) is 0 Å². The van der Waals surface area contributed by atoms with Gasteiger partial charge in [-0.15, -0.1) is 0 Å². The number of carbonyl (C=O) groups excluding carboxylic acids is 1. The molecule has 29 heavy (non-hydrogen) atoms. The zero-order chi connectivity index (χ0) is 19.6. The average Bonchev–Trinajstić information content (AvgIpc) is 3.13. The maximum absolute atomic E-state index is 13.8. The minimum atomic E-state index is 0.0802. The summed E-state index contributed by atoms with van der Waals surface area (Å²) < 4.78 is 2.35. The molecule has 1 aromatic heterocycles. The van der Waals surface area contributed by atoms with Gasteiger partial charge >= 0.3 is 0 Å². The Labute approximate surface area is 172 Å². The molecule has 0 bridgehead atoms. The highest BCUT2D eigenvalue weighted by atomic mass is 16.2. The molecule has 1 amide bonds. The second-order valence-corrected chi connectivity index (χ2v) is 9.17. The van der Waals surface area contributed by atoms with Gasteiger partial charge in [-0.05, 0) is 49.9 Å². The van der Waals surface area contributed by atoms with Crippen LogP contribution in [0.15, 0.2) is 30.3 Å². The SMILES string of the molecule is CC[C@]12C=C(C(=O)N3CCNCC3)n3c4c(c5ccccc53)CCN(CCC1)[C@@H]42. The monoisotopic (exact) mass is 390 g/mol. The number of aromatic nitrogens is 1. The molecule has 0 spiro atoms. The molecule has 4 aliphatic rings. The molecule has 0 aliphatic carbocycles. The van der Waals surface area contributed by atoms with Crippen LogP contribution >= 0.6 is 0 Å². The first kappa shape index (κ1) is 17.7. The van der Waals surface area contributed by atoms with Gasteiger partial charge in [0.05, 0.1) is 11.6 Å². The van der Waals surface area contributed by atoms with Crippen molar-refractivity contribution < 1.29 is 4.79 Å². The standard InChI is InChI=1S/C24H30N4O/c1-2-24-9-5-12-26-13-8-18-17-6-3-4-7-19(17)28(21(18)22(24)26)20(16-24)23(29)27-14-10-25-11-15-27/h3-4,6-7,16,22,25H,2,5,8-15H2,1H3/t22-,24+/m0/s1. The van der Waals surface area contributed by atoms with Gasteiger partial charge in [0.2, 0.25) is 0 Å². The molecule has 2 aromatic rings. The molecule has 1 N–H and O–H groups in total. The van der Waals surface area contributed by atoms with Crippen molar-refractivity contribution >= 4 is 22.5 Å². The molecule has 6 rings (SSSR count). The molecule has 5 nitrogen and oxygen atoms in total. The van der Waals surface area contributed by atoms with E-state index in [1.807, 2.05) is 0 Å².